The van der Waals surface area contributed by atoms with E-state index >= 15 is 0 Å². The Hall–Kier alpha value is -0.290. The molecule has 0 saturated heterocycles. The molecular formula is C12H22O14P-. The SMILES string of the molecule is O=P([O-])(OC1[C@H](O)[C@H](O)C(O)[C@H](O)[C@H]1O)O[13CH]1[C@@H](O)[C@H](O)C(O)[C@H](O)[C@@H]1O. The third-order valence-electron chi connectivity index (χ3n) is 4.65. The van der Waals surface area contributed by atoms with Crippen molar-refractivity contribution in [1.82, 2.24) is 0 Å². The topological polar surface area (TPSA) is 261 Å². The summed E-state index contributed by atoms with van der Waals surface area (Å²) < 4.78 is 20.8. The molecule has 2 fully saturated rings. The summed E-state index contributed by atoms with van der Waals surface area (Å²) in [6.07, 6.45) is -25.4. The van der Waals surface area contributed by atoms with Crippen molar-refractivity contribution >= 4 is 7.82 Å². The van der Waals surface area contributed by atoms with E-state index in [0.717, 1.165) is 0 Å². The van der Waals surface area contributed by atoms with Crippen LogP contribution in [0.15, 0.2) is 0 Å². The second-order valence-electron chi connectivity index (χ2n) is 6.49. The van der Waals surface area contributed by atoms with Gasteiger partial charge in [0.2, 0.25) is 0 Å². The Morgan fingerprint density at radius 2 is 0.667 bits per heavy atom. The average molecular weight is 422 g/mol. The summed E-state index contributed by atoms with van der Waals surface area (Å²) in [4.78, 5) is 12.0. The molecule has 15 heteroatoms. The fourth-order valence-electron chi connectivity index (χ4n) is 2.97. The van der Waals surface area contributed by atoms with Gasteiger partial charge in [-0.2, -0.15) is 0 Å². The fraction of sp³-hybridized carbons (Fsp3) is 1.00. The lowest BCUT2D eigenvalue weighted by Gasteiger charge is -2.46. The number of phosphoric acid groups is 1. The first-order valence-corrected chi connectivity index (χ1v) is 9.24. The Balaban J connectivity index is 2.15. The molecule has 14 nitrogen and oxygen atoms in total. The highest BCUT2D eigenvalue weighted by molar-refractivity contribution is 7.45. The van der Waals surface area contributed by atoms with Crippen molar-refractivity contribution in [2.24, 2.45) is 0 Å². The Morgan fingerprint density at radius 3 is 0.889 bits per heavy atom. The second kappa shape index (κ2) is 8.22. The molecule has 160 valence electrons. The predicted octanol–water partition coefficient (Wildman–Crippen LogP) is -7.14. The maximum absolute atomic E-state index is 12.0. The Labute approximate surface area is 151 Å². The molecule has 0 amide bonds. The summed E-state index contributed by atoms with van der Waals surface area (Å²) in [6.45, 7) is 0. The molecule has 5 unspecified atom stereocenters. The number of aliphatic hydroxyl groups excluding tert-OH is 10. The van der Waals surface area contributed by atoms with E-state index in [-0.39, 0.29) is 0 Å². The summed E-state index contributed by atoms with van der Waals surface area (Å²) in [5.74, 6) is 0. The summed E-state index contributed by atoms with van der Waals surface area (Å²) in [7, 11) is -5.62. The van der Waals surface area contributed by atoms with Crippen molar-refractivity contribution in [3.8, 4) is 0 Å². The first-order chi connectivity index (χ1) is 12.3. The van der Waals surface area contributed by atoms with Gasteiger partial charge in [0, 0.05) is 0 Å². The zero-order valence-corrected chi connectivity index (χ0v) is 14.4. The molecule has 0 aromatic carbocycles. The standard InChI is InChI=1S/C12H23O14P/c13-1-3(15)7(19)11(8(20)4(1)16)25-27(23,24)26-12-9(21)5(17)2(14)6(18)10(12)22/h1-22H,(H,23,24)/p-1/t1?,2?,3-,4+,5-,6+,7-,8-,9+,10+,11?,12?/i11+1/m0/s1. The number of phosphoric ester groups is 1. The van der Waals surface area contributed by atoms with Crippen LogP contribution in [0.1, 0.15) is 0 Å². The molecule has 2 aliphatic rings. The number of hydrogen-bond donors (Lipinski definition) is 10. The van der Waals surface area contributed by atoms with Crippen molar-refractivity contribution in [2.75, 3.05) is 0 Å². The number of hydrogen-bond acceptors (Lipinski definition) is 14. The van der Waals surface area contributed by atoms with Crippen molar-refractivity contribution in [1.29, 1.82) is 0 Å². The zero-order chi connectivity index (χ0) is 20.8. The lowest BCUT2D eigenvalue weighted by Crippen LogP contribution is -2.65. The maximum atomic E-state index is 12.0. The molecule has 10 N–H and O–H groups in total. The van der Waals surface area contributed by atoms with E-state index in [1.54, 1.807) is 0 Å². The van der Waals surface area contributed by atoms with Crippen LogP contribution in [0.4, 0.5) is 0 Å². The smallest absolute Gasteiger partial charge is 0.268 e. The minimum Gasteiger partial charge on any atom is -0.756 e. The fourth-order valence-corrected chi connectivity index (χ4v) is 4.11. The summed E-state index contributed by atoms with van der Waals surface area (Å²) in [5, 5.41) is 96.0. The third kappa shape index (κ3) is 4.34. The van der Waals surface area contributed by atoms with Crippen LogP contribution in [0, 0.1) is 0 Å². The van der Waals surface area contributed by atoms with Gasteiger partial charge in [-0.15, -0.1) is 0 Å². The van der Waals surface area contributed by atoms with E-state index in [2.05, 4.69) is 9.05 Å². The molecule has 0 spiro atoms. The van der Waals surface area contributed by atoms with Crippen LogP contribution in [0.25, 0.3) is 0 Å². The molecule has 0 bridgehead atoms. The van der Waals surface area contributed by atoms with E-state index in [9.17, 15) is 60.5 Å². The molecule has 0 radical (unpaired) electrons. The second-order valence-corrected chi connectivity index (χ2v) is 7.81. The summed E-state index contributed by atoms with van der Waals surface area (Å²) >= 11 is 0. The summed E-state index contributed by atoms with van der Waals surface area (Å²) in [6, 6.07) is 0. The van der Waals surface area contributed by atoms with Crippen molar-refractivity contribution in [2.45, 2.75) is 73.2 Å². The van der Waals surface area contributed by atoms with Gasteiger partial charge in [0.1, 0.15) is 73.2 Å². The number of aliphatic hydroxyl groups is 10. The molecule has 2 rings (SSSR count). The molecule has 0 aliphatic heterocycles. The van der Waals surface area contributed by atoms with Gasteiger partial charge in [-0.25, -0.2) is 0 Å². The molecular weight excluding hydrogens is 400 g/mol. The number of rotatable bonds is 4. The predicted molar refractivity (Wildman–Crippen MR) is 77.4 cm³/mol. The minimum absolute atomic E-state index is 2.00. The summed E-state index contributed by atoms with van der Waals surface area (Å²) in [5.41, 5.74) is 0. The minimum atomic E-state index is -5.62. The first-order valence-electron chi connectivity index (χ1n) is 7.78. The Bertz CT molecular complexity index is 486. The van der Waals surface area contributed by atoms with Crippen LogP contribution in [-0.4, -0.2) is 124 Å². The van der Waals surface area contributed by atoms with Crippen LogP contribution in [0.5, 0.6) is 0 Å². The van der Waals surface area contributed by atoms with E-state index in [4.69, 9.17) is 0 Å². The van der Waals surface area contributed by atoms with Gasteiger partial charge in [-0.05, 0) is 0 Å². The van der Waals surface area contributed by atoms with Gasteiger partial charge in [0.15, 0.2) is 0 Å². The Kier molecular flexibility index (Phi) is 7.00. The molecule has 0 aromatic heterocycles. The van der Waals surface area contributed by atoms with Gasteiger partial charge < -0.3 is 65.0 Å². The van der Waals surface area contributed by atoms with E-state index in [1.165, 1.54) is 0 Å². The quantitative estimate of drug-likeness (QED) is 0.149. The molecule has 0 heterocycles. The van der Waals surface area contributed by atoms with Gasteiger partial charge >= 0.3 is 0 Å². The van der Waals surface area contributed by atoms with Crippen LogP contribution >= 0.6 is 7.82 Å². The van der Waals surface area contributed by atoms with Crippen molar-refractivity contribution < 1.29 is 69.6 Å². The van der Waals surface area contributed by atoms with Crippen LogP contribution < -0.4 is 4.89 Å². The van der Waals surface area contributed by atoms with E-state index in [0.29, 0.717) is 0 Å². The molecule has 0 aromatic rings. The third-order valence-corrected chi connectivity index (χ3v) is 5.65. The lowest BCUT2D eigenvalue weighted by molar-refractivity contribution is -0.278. The Morgan fingerprint density at radius 1 is 0.481 bits per heavy atom. The van der Waals surface area contributed by atoms with E-state index in [1.807, 2.05) is 0 Å². The van der Waals surface area contributed by atoms with Crippen LogP contribution in [0.3, 0.4) is 0 Å². The monoisotopic (exact) mass is 422 g/mol. The highest BCUT2D eigenvalue weighted by atomic mass is 31.2. The molecule has 2 saturated carbocycles. The largest absolute Gasteiger partial charge is 0.756 e. The van der Waals surface area contributed by atoms with E-state index < -0.39 is 81.1 Å². The van der Waals surface area contributed by atoms with Gasteiger partial charge in [0.05, 0.1) is 0 Å². The van der Waals surface area contributed by atoms with Gasteiger partial charge in [-0.1, -0.05) is 0 Å². The molecule has 27 heavy (non-hydrogen) atoms. The lowest BCUT2D eigenvalue weighted by atomic mass is 9.85. The highest BCUT2D eigenvalue weighted by Gasteiger charge is 2.53. The normalized spacial score (nSPS) is 53.7. The van der Waals surface area contributed by atoms with Crippen LogP contribution in [0.2, 0.25) is 0 Å². The maximum Gasteiger partial charge on any atom is 0.268 e. The molecule has 13 atom stereocenters. The zero-order valence-electron chi connectivity index (χ0n) is 13.5. The van der Waals surface area contributed by atoms with Crippen LogP contribution in [-0.2, 0) is 13.6 Å². The average Bonchev–Trinajstić information content (AvgIpc) is 2.62. The molecule has 2 aliphatic carbocycles. The highest BCUT2D eigenvalue weighted by Crippen LogP contribution is 2.46. The van der Waals surface area contributed by atoms with Crippen molar-refractivity contribution in [3.63, 3.8) is 0 Å². The van der Waals surface area contributed by atoms with Crippen molar-refractivity contribution in [3.05, 3.63) is 0 Å². The first kappa shape index (κ1) is 23.0. The van der Waals surface area contributed by atoms with Gasteiger partial charge in [-0.3, -0.25) is 4.57 Å². The van der Waals surface area contributed by atoms with Gasteiger partial charge in [0.25, 0.3) is 7.82 Å².